The Morgan fingerprint density at radius 1 is 1.39 bits per heavy atom. The lowest BCUT2D eigenvalue weighted by molar-refractivity contribution is -0.146. The molecule has 1 aliphatic heterocycles. The number of benzene rings is 1. The van der Waals surface area contributed by atoms with Crippen LogP contribution in [0.3, 0.4) is 0 Å². The van der Waals surface area contributed by atoms with Gasteiger partial charge in [0, 0.05) is 18.2 Å². The van der Waals surface area contributed by atoms with E-state index < -0.39 is 12.1 Å². The molecule has 98 valence electrons. The standard InChI is InChI=1S/C13H15ClO4/c14-11-7-9(12(15)13(16)17)1-2-10(11)8-3-5-18-6-4-8/h1-2,7-8,12,15H,3-6H2,(H,16,17). The lowest BCUT2D eigenvalue weighted by atomic mass is 9.90. The molecule has 0 bridgehead atoms. The summed E-state index contributed by atoms with van der Waals surface area (Å²) in [6.45, 7) is 1.45. The summed E-state index contributed by atoms with van der Waals surface area (Å²) in [7, 11) is 0. The molecule has 1 aromatic carbocycles. The highest BCUT2D eigenvalue weighted by Crippen LogP contribution is 2.33. The second-order valence-corrected chi connectivity index (χ2v) is 4.82. The second kappa shape index (κ2) is 5.69. The van der Waals surface area contributed by atoms with E-state index in [2.05, 4.69) is 0 Å². The van der Waals surface area contributed by atoms with Crippen molar-refractivity contribution in [2.24, 2.45) is 0 Å². The number of carboxylic acid groups (broad SMARTS) is 1. The zero-order chi connectivity index (χ0) is 13.1. The third kappa shape index (κ3) is 2.83. The molecule has 0 amide bonds. The molecule has 1 heterocycles. The molecule has 2 rings (SSSR count). The van der Waals surface area contributed by atoms with E-state index in [1.807, 2.05) is 0 Å². The Morgan fingerprint density at radius 3 is 2.61 bits per heavy atom. The quantitative estimate of drug-likeness (QED) is 0.885. The van der Waals surface area contributed by atoms with Crippen LogP contribution in [0.5, 0.6) is 0 Å². The molecule has 1 fully saturated rings. The van der Waals surface area contributed by atoms with Crippen LogP contribution in [0.15, 0.2) is 18.2 Å². The highest BCUT2D eigenvalue weighted by Gasteiger charge is 2.21. The van der Waals surface area contributed by atoms with Crippen molar-refractivity contribution in [1.29, 1.82) is 0 Å². The Kier molecular flexibility index (Phi) is 4.22. The summed E-state index contributed by atoms with van der Waals surface area (Å²) in [5.41, 5.74) is 1.31. The number of carbonyl (C=O) groups is 1. The van der Waals surface area contributed by atoms with Crippen LogP contribution < -0.4 is 0 Å². The zero-order valence-corrected chi connectivity index (χ0v) is 10.6. The summed E-state index contributed by atoms with van der Waals surface area (Å²) in [4.78, 5) is 10.7. The van der Waals surface area contributed by atoms with Crippen LogP contribution in [0, 0.1) is 0 Å². The largest absolute Gasteiger partial charge is 0.479 e. The molecule has 1 aliphatic rings. The van der Waals surface area contributed by atoms with E-state index >= 15 is 0 Å². The molecule has 0 radical (unpaired) electrons. The smallest absolute Gasteiger partial charge is 0.337 e. The van der Waals surface area contributed by atoms with Crippen molar-refractivity contribution >= 4 is 17.6 Å². The maximum atomic E-state index is 10.7. The van der Waals surface area contributed by atoms with Gasteiger partial charge in [-0.2, -0.15) is 0 Å². The van der Waals surface area contributed by atoms with Crippen molar-refractivity contribution in [1.82, 2.24) is 0 Å². The normalized spacial score (nSPS) is 18.6. The first-order valence-electron chi connectivity index (χ1n) is 5.87. The third-order valence-corrected chi connectivity index (χ3v) is 3.56. The van der Waals surface area contributed by atoms with Crippen LogP contribution in [0.2, 0.25) is 5.02 Å². The van der Waals surface area contributed by atoms with Gasteiger partial charge in [-0.15, -0.1) is 0 Å². The first kappa shape index (κ1) is 13.3. The summed E-state index contributed by atoms with van der Waals surface area (Å²) >= 11 is 6.17. The number of ether oxygens (including phenoxy) is 1. The fourth-order valence-corrected chi connectivity index (χ4v) is 2.54. The Labute approximate surface area is 110 Å². The van der Waals surface area contributed by atoms with Gasteiger partial charge in [0.05, 0.1) is 0 Å². The van der Waals surface area contributed by atoms with Gasteiger partial charge in [0.25, 0.3) is 0 Å². The Balaban J connectivity index is 2.21. The van der Waals surface area contributed by atoms with Crippen LogP contribution in [0.4, 0.5) is 0 Å². The molecule has 1 aromatic rings. The van der Waals surface area contributed by atoms with Crippen LogP contribution in [-0.2, 0) is 9.53 Å². The summed E-state index contributed by atoms with van der Waals surface area (Å²) < 4.78 is 5.29. The van der Waals surface area contributed by atoms with Crippen LogP contribution in [0.1, 0.15) is 36.0 Å². The van der Waals surface area contributed by atoms with Crippen molar-refractivity contribution in [3.63, 3.8) is 0 Å². The van der Waals surface area contributed by atoms with Crippen molar-refractivity contribution in [2.75, 3.05) is 13.2 Å². The van der Waals surface area contributed by atoms with Crippen LogP contribution in [-0.4, -0.2) is 29.4 Å². The van der Waals surface area contributed by atoms with Gasteiger partial charge in [-0.05, 0) is 36.0 Å². The maximum Gasteiger partial charge on any atom is 0.337 e. The van der Waals surface area contributed by atoms with Gasteiger partial charge in [0.15, 0.2) is 6.10 Å². The molecule has 0 aliphatic carbocycles. The molecule has 1 saturated heterocycles. The van der Waals surface area contributed by atoms with Crippen LogP contribution in [0.25, 0.3) is 0 Å². The number of aliphatic carboxylic acids is 1. The number of halogens is 1. The minimum atomic E-state index is -1.52. The van der Waals surface area contributed by atoms with E-state index in [0.29, 0.717) is 16.5 Å². The van der Waals surface area contributed by atoms with Gasteiger partial charge < -0.3 is 14.9 Å². The highest BCUT2D eigenvalue weighted by molar-refractivity contribution is 6.31. The van der Waals surface area contributed by atoms with Gasteiger partial charge in [0.1, 0.15) is 0 Å². The Morgan fingerprint density at radius 2 is 2.06 bits per heavy atom. The van der Waals surface area contributed by atoms with Crippen LogP contribution >= 0.6 is 11.6 Å². The van der Waals surface area contributed by atoms with Crippen molar-refractivity contribution in [2.45, 2.75) is 24.9 Å². The molecule has 0 spiro atoms. The van der Waals surface area contributed by atoms with E-state index in [4.69, 9.17) is 21.4 Å². The third-order valence-electron chi connectivity index (χ3n) is 3.24. The molecule has 1 unspecified atom stereocenters. The van der Waals surface area contributed by atoms with Gasteiger partial charge >= 0.3 is 5.97 Å². The fourth-order valence-electron chi connectivity index (χ4n) is 2.20. The average molecular weight is 271 g/mol. The maximum absolute atomic E-state index is 10.7. The highest BCUT2D eigenvalue weighted by atomic mass is 35.5. The molecule has 2 N–H and O–H groups in total. The van der Waals surface area contributed by atoms with E-state index in [1.165, 1.54) is 6.07 Å². The van der Waals surface area contributed by atoms with Crippen molar-refractivity contribution < 1.29 is 19.7 Å². The SMILES string of the molecule is O=C(O)C(O)c1ccc(C2CCOCC2)c(Cl)c1. The lowest BCUT2D eigenvalue weighted by Crippen LogP contribution is -2.15. The predicted octanol–water partition coefficient (Wildman–Crippen LogP) is 2.35. The van der Waals surface area contributed by atoms with Gasteiger partial charge in [0.2, 0.25) is 0 Å². The van der Waals surface area contributed by atoms with Gasteiger partial charge in [-0.3, -0.25) is 0 Å². The Hall–Kier alpha value is -1.10. The molecule has 18 heavy (non-hydrogen) atoms. The number of hydrogen-bond donors (Lipinski definition) is 2. The first-order chi connectivity index (χ1) is 8.59. The summed E-state index contributed by atoms with van der Waals surface area (Å²) in [5.74, 6) is -0.924. The summed E-state index contributed by atoms with van der Waals surface area (Å²) in [6, 6.07) is 4.96. The zero-order valence-electron chi connectivity index (χ0n) is 9.80. The molecule has 5 heteroatoms. The fraction of sp³-hybridized carbons (Fsp3) is 0.462. The summed E-state index contributed by atoms with van der Waals surface area (Å²) in [6.07, 6.45) is 0.312. The van der Waals surface area contributed by atoms with E-state index in [0.717, 1.165) is 31.6 Å². The van der Waals surface area contributed by atoms with Gasteiger partial charge in [-0.25, -0.2) is 4.79 Å². The average Bonchev–Trinajstić information content (AvgIpc) is 2.38. The summed E-state index contributed by atoms with van der Waals surface area (Å²) in [5, 5.41) is 18.7. The molecule has 1 atom stereocenters. The first-order valence-corrected chi connectivity index (χ1v) is 6.25. The number of aliphatic hydroxyl groups is 1. The van der Waals surface area contributed by atoms with E-state index in [1.54, 1.807) is 12.1 Å². The lowest BCUT2D eigenvalue weighted by Gasteiger charge is -2.23. The predicted molar refractivity (Wildman–Crippen MR) is 66.8 cm³/mol. The number of hydrogen-bond acceptors (Lipinski definition) is 3. The minimum Gasteiger partial charge on any atom is -0.479 e. The molecular weight excluding hydrogens is 256 g/mol. The molecule has 0 aromatic heterocycles. The monoisotopic (exact) mass is 270 g/mol. The van der Waals surface area contributed by atoms with E-state index in [-0.39, 0.29) is 0 Å². The van der Waals surface area contributed by atoms with Crippen molar-refractivity contribution in [3.8, 4) is 0 Å². The Bertz CT molecular complexity index is 441. The number of carboxylic acids is 1. The van der Waals surface area contributed by atoms with E-state index in [9.17, 15) is 9.90 Å². The molecule has 0 saturated carbocycles. The molecule has 4 nitrogen and oxygen atoms in total. The molecular formula is C13H15ClO4. The number of aliphatic hydroxyl groups excluding tert-OH is 1. The topological polar surface area (TPSA) is 66.8 Å². The number of rotatable bonds is 3. The van der Waals surface area contributed by atoms with Crippen molar-refractivity contribution in [3.05, 3.63) is 34.3 Å². The van der Waals surface area contributed by atoms with Gasteiger partial charge in [-0.1, -0.05) is 23.7 Å². The second-order valence-electron chi connectivity index (χ2n) is 4.41. The minimum absolute atomic E-state index is 0.309.